The van der Waals surface area contributed by atoms with E-state index < -0.39 is 0 Å². The maximum atomic E-state index is 3.45. The minimum absolute atomic E-state index is 0.586. The summed E-state index contributed by atoms with van der Waals surface area (Å²) in [6, 6.07) is 0.586. The molecule has 12 heavy (non-hydrogen) atoms. The number of hydrogen-bond acceptors (Lipinski definition) is 1. The quantitative estimate of drug-likeness (QED) is 0.620. The monoisotopic (exact) mass is 167 g/mol. The lowest BCUT2D eigenvalue weighted by Crippen LogP contribution is -2.29. The molecule has 0 rings (SSSR count). The van der Waals surface area contributed by atoms with Gasteiger partial charge in [-0.15, -0.1) is 11.8 Å². The number of hydrogen-bond donors (Lipinski definition) is 1. The van der Waals surface area contributed by atoms with E-state index in [1.165, 1.54) is 6.42 Å². The fourth-order valence-electron chi connectivity index (χ4n) is 1.32. The lowest BCUT2D eigenvalue weighted by molar-refractivity contribution is 0.432. The Kier molecular flexibility index (Phi) is 6.90. The van der Waals surface area contributed by atoms with Gasteiger partial charge in [-0.05, 0) is 25.8 Å². The summed E-state index contributed by atoms with van der Waals surface area (Å²) in [6.45, 7) is 9.60. The topological polar surface area (TPSA) is 12.0 Å². The summed E-state index contributed by atoms with van der Waals surface area (Å²) < 4.78 is 0. The van der Waals surface area contributed by atoms with Crippen molar-refractivity contribution in [2.45, 2.75) is 46.6 Å². The van der Waals surface area contributed by atoms with E-state index in [1.54, 1.807) is 0 Å². The van der Waals surface area contributed by atoms with Crippen LogP contribution in [0.3, 0.4) is 0 Å². The van der Waals surface area contributed by atoms with Crippen LogP contribution >= 0.6 is 0 Å². The molecule has 0 heterocycles. The minimum atomic E-state index is 0.586. The first-order valence-corrected chi connectivity index (χ1v) is 4.83. The third-order valence-corrected chi connectivity index (χ3v) is 1.77. The van der Waals surface area contributed by atoms with Crippen LogP contribution in [0.2, 0.25) is 0 Å². The van der Waals surface area contributed by atoms with Crippen LogP contribution in [0.4, 0.5) is 0 Å². The van der Waals surface area contributed by atoms with Crippen LogP contribution in [0.5, 0.6) is 0 Å². The normalized spacial score (nSPS) is 12.4. The highest BCUT2D eigenvalue weighted by Crippen LogP contribution is 2.06. The van der Waals surface area contributed by atoms with Gasteiger partial charge < -0.3 is 5.32 Å². The molecule has 0 fully saturated rings. The standard InChI is InChI=1S/C11H21N/c1-5-7-8-11(12-6-2)9-10(3)4/h10-12H,6,8-9H2,1-4H3. The molecule has 0 spiro atoms. The molecule has 1 nitrogen and oxygen atoms in total. The molecule has 0 aromatic heterocycles. The average Bonchev–Trinajstić information content (AvgIpc) is 2.00. The van der Waals surface area contributed by atoms with Crippen LogP contribution in [0.1, 0.15) is 40.5 Å². The Morgan fingerprint density at radius 2 is 2.00 bits per heavy atom. The Bertz CT molecular complexity index is 150. The molecule has 0 radical (unpaired) electrons. The summed E-state index contributed by atoms with van der Waals surface area (Å²) in [5.74, 6) is 6.82. The van der Waals surface area contributed by atoms with Crippen molar-refractivity contribution in [3.05, 3.63) is 0 Å². The van der Waals surface area contributed by atoms with E-state index in [0.717, 1.165) is 18.9 Å². The molecule has 1 N–H and O–H groups in total. The second kappa shape index (κ2) is 7.18. The number of nitrogens with one attached hydrogen (secondary N) is 1. The van der Waals surface area contributed by atoms with Gasteiger partial charge in [-0.3, -0.25) is 0 Å². The molecule has 0 aliphatic heterocycles. The van der Waals surface area contributed by atoms with E-state index in [9.17, 15) is 0 Å². The zero-order valence-corrected chi connectivity index (χ0v) is 8.78. The van der Waals surface area contributed by atoms with Gasteiger partial charge in [0.15, 0.2) is 0 Å². The largest absolute Gasteiger partial charge is 0.313 e. The zero-order chi connectivity index (χ0) is 9.40. The summed E-state index contributed by atoms with van der Waals surface area (Å²) in [6.07, 6.45) is 2.21. The zero-order valence-electron chi connectivity index (χ0n) is 8.78. The van der Waals surface area contributed by atoms with Crippen molar-refractivity contribution in [2.75, 3.05) is 6.54 Å². The summed E-state index contributed by atoms with van der Waals surface area (Å²) in [5, 5.41) is 3.45. The first-order chi connectivity index (χ1) is 5.70. The predicted molar refractivity (Wildman–Crippen MR) is 55.0 cm³/mol. The van der Waals surface area contributed by atoms with E-state index in [1.807, 2.05) is 6.92 Å². The van der Waals surface area contributed by atoms with Gasteiger partial charge in [0.1, 0.15) is 0 Å². The maximum Gasteiger partial charge on any atom is 0.0243 e. The Balaban J connectivity index is 3.74. The van der Waals surface area contributed by atoms with Crippen molar-refractivity contribution < 1.29 is 0 Å². The maximum absolute atomic E-state index is 3.45. The molecule has 1 heteroatoms. The summed E-state index contributed by atoms with van der Waals surface area (Å²) in [7, 11) is 0. The van der Waals surface area contributed by atoms with Crippen molar-refractivity contribution in [3.63, 3.8) is 0 Å². The van der Waals surface area contributed by atoms with Gasteiger partial charge in [-0.2, -0.15) is 0 Å². The highest BCUT2D eigenvalue weighted by molar-refractivity contribution is 4.98. The van der Waals surface area contributed by atoms with E-state index in [-0.39, 0.29) is 0 Å². The SMILES string of the molecule is CC#CCC(CC(C)C)NCC. The van der Waals surface area contributed by atoms with E-state index in [2.05, 4.69) is 37.9 Å². The minimum Gasteiger partial charge on any atom is -0.313 e. The Hall–Kier alpha value is -0.480. The highest BCUT2D eigenvalue weighted by Gasteiger charge is 2.06. The van der Waals surface area contributed by atoms with E-state index in [0.29, 0.717) is 6.04 Å². The van der Waals surface area contributed by atoms with Crippen molar-refractivity contribution >= 4 is 0 Å². The predicted octanol–water partition coefficient (Wildman–Crippen LogP) is 2.42. The smallest absolute Gasteiger partial charge is 0.0243 e. The van der Waals surface area contributed by atoms with Gasteiger partial charge in [-0.1, -0.05) is 20.8 Å². The first-order valence-electron chi connectivity index (χ1n) is 4.83. The van der Waals surface area contributed by atoms with E-state index in [4.69, 9.17) is 0 Å². The highest BCUT2D eigenvalue weighted by atomic mass is 14.9. The second-order valence-electron chi connectivity index (χ2n) is 3.52. The van der Waals surface area contributed by atoms with Gasteiger partial charge in [0.05, 0.1) is 0 Å². The van der Waals surface area contributed by atoms with Gasteiger partial charge >= 0.3 is 0 Å². The molecular formula is C11H21N. The first kappa shape index (κ1) is 11.5. The van der Waals surface area contributed by atoms with Crippen molar-refractivity contribution in [3.8, 4) is 11.8 Å². The Morgan fingerprint density at radius 1 is 1.33 bits per heavy atom. The van der Waals surface area contributed by atoms with Gasteiger partial charge in [0.25, 0.3) is 0 Å². The summed E-state index contributed by atoms with van der Waals surface area (Å²) in [4.78, 5) is 0. The summed E-state index contributed by atoms with van der Waals surface area (Å²) >= 11 is 0. The lowest BCUT2D eigenvalue weighted by atomic mass is 10.0. The van der Waals surface area contributed by atoms with Gasteiger partial charge in [0.2, 0.25) is 0 Å². The third kappa shape index (κ3) is 6.24. The van der Waals surface area contributed by atoms with Crippen LogP contribution in [-0.2, 0) is 0 Å². The second-order valence-corrected chi connectivity index (χ2v) is 3.52. The molecule has 0 bridgehead atoms. The van der Waals surface area contributed by atoms with Gasteiger partial charge in [-0.25, -0.2) is 0 Å². The summed E-state index contributed by atoms with van der Waals surface area (Å²) in [5.41, 5.74) is 0. The molecule has 0 saturated heterocycles. The van der Waals surface area contributed by atoms with Gasteiger partial charge in [0, 0.05) is 12.5 Å². The lowest BCUT2D eigenvalue weighted by Gasteiger charge is -2.16. The van der Waals surface area contributed by atoms with Crippen molar-refractivity contribution in [2.24, 2.45) is 5.92 Å². The Morgan fingerprint density at radius 3 is 2.42 bits per heavy atom. The van der Waals surface area contributed by atoms with Crippen LogP contribution in [0.25, 0.3) is 0 Å². The van der Waals surface area contributed by atoms with Crippen molar-refractivity contribution in [1.82, 2.24) is 5.32 Å². The van der Waals surface area contributed by atoms with Crippen LogP contribution < -0.4 is 5.32 Å². The molecule has 1 unspecified atom stereocenters. The molecule has 0 aromatic carbocycles. The van der Waals surface area contributed by atoms with E-state index >= 15 is 0 Å². The molecule has 0 aromatic rings. The molecule has 0 aliphatic rings. The molecular weight excluding hydrogens is 146 g/mol. The Labute approximate surface area is 76.9 Å². The fourth-order valence-corrected chi connectivity index (χ4v) is 1.32. The molecule has 0 saturated carbocycles. The van der Waals surface area contributed by atoms with Crippen LogP contribution in [-0.4, -0.2) is 12.6 Å². The third-order valence-electron chi connectivity index (χ3n) is 1.77. The molecule has 70 valence electrons. The fraction of sp³-hybridized carbons (Fsp3) is 0.818. The number of rotatable bonds is 5. The molecule has 0 aliphatic carbocycles. The van der Waals surface area contributed by atoms with Crippen molar-refractivity contribution in [1.29, 1.82) is 0 Å². The average molecular weight is 167 g/mol. The molecule has 0 amide bonds. The molecule has 1 atom stereocenters. The van der Waals surface area contributed by atoms with Crippen LogP contribution in [0, 0.1) is 17.8 Å². The van der Waals surface area contributed by atoms with Crippen LogP contribution in [0.15, 0.2) is 0 Å².